The monoisotopic (exact) mass is 271 g/mol. The lowest BCUT2D eigenvalue weighted by Crippen LogP contribution is -2.20. The lowest BCUT2D eigenvalue weighted by atomic mass is 9.83. The first-order chi connectivity index (χ1) is 8.74. The van der Waals surface area contributed by atoms with E-state index in [1.165, 1.54) is 6.07 Å². The van der Waals surface area contributed by atoms with Gasteiger partial charge in [-0.1, -0.05) is 30.3 Å². The number of fused-ring (bicyclic) bond motifs is 2. The van der Waals surface area contributed by atoms with Crippen molar-refractivity contribution >= 4 is 29.7 Å². The molecule has 0 amide bonds. The summed E-state index contributed by atoms with van der Waals surface area (Å²) in [6, 6.07) is 11.3. The van der Waals surface area contributed by atoms with Crippen LogP contribution < -0.4 is 0 Å². The van der Waals surface area contributed by atoms with Crippen LogP contribution in [0.4, 0.5) is 5.69 Å². The molecular weight excluding hydrogens is 264 g/mol. The van der Waals surface area contributed by atoms with Crippen LogP contribution in [-0.2, 0) is 0 Å². The quantitative estimate of drug-likeness (QED) is 0.589. The minimum atomic E-state index is -0.284. The minimum Gasteiger partial charge on any atom is -0.289 e. The van der Waals surface area contributed by atoms with E-state index in [1.807, 2.05) is 0 Å². The van der Waals surface area contributed by atoms with Gasteiger partial charge < -0.3 is 0 Å². The summed E-state index contributed by atoms with van der Waals surface area (Å²) < 4.78 is 0. The van der Waals surface area contributed by atoms with Crippen molar-refractivity contribution in [2.24, 2.45) is 0 Å². The van der Waals surface area contributed by atoms with Crippen molar-refractivity contribution in [2.75, 3.05) is 0 Å². The van der Waals surface area contributed by atoms with Gasteiger partial charge in [-0.3, -0.25) is 9.59 Å². The second-order valence-electron chi connectivity index (χ2n) is 4.00. The smallest absolute Gasteiger partial charge is 0.289 e. The fourth-order valence-electron chi connectivity index (χ4n) is 2.21. The Morgan fingerprint density at radius 1 is 0.789 bits per heavy atom. The SMILES string of the molecule is Cl.N#[N+]c1cccc2c1C(=O)c1ccccc1C2=O. The van der Waals surface area contributed by atoms with E-state index in [0.29, 0.717) is 11.1 Å². The maximum Gasteiger partial charge on any atom is 0.396 e. The van der Waals surface area contributed by atoms with E-state index in [0.717, 1.165) is 0 Å². The summed E-state index contributed by atoms with van der Waals surface area (Å²) in [5, 5.41) is 8.91. The Labute approximate surface area is 115 Å². The number of benzene rings is 2. The maximum atomic E-state index is 12.3. The predicted molar refractivity (Wildman–Crippen MR) is 71.7 cm³/mol. The van der Waals surface area contributed by atoms with Crippen LogP contribution in [0.1, 0.15) is 31.8 Å². The third-order valence-corrected chi connectivity index (χ3v) is 3.04. The van der Waals surface area contributed by atoms with E-state index < -0.39 is 0 Å². The molecular formula is C14H8ClN2O2+. The number of diazo groups is 1. The van der Waals surface area contributed by atoms with Gasteiger partial charge in [-0.2, -0.15) is 0 Å². The second-order valence-corrected chi connectivity index (χ2v) is 4.00. The normalized spacial score (nSPS) is 11.9. The van der Waals surface area contributed by atoms with Gasteiger partial charge in [0.15, 0.2) is 10.8 Å². The van der Waals surface area contributed by atoms with Gasteiger partial charge in [-0.05, 0) is 6.07 Å². The number of halogens is 1. The van der Waals surface area contributed by atoms with Crippen LogP contribution in [0.5, 0.6) is 0 Å². The third kappa shape index (κ3) is 1.72. The van der Waals surface area contributed by atoms with Crippen molar-refractivity contribution in [1.29, 1.82) is 5.39 Å². The number of hydrogen-bond donors (Lipinski definition) is 0. The number of nitrogens with zero attached hydrogens (tertiary/aromatic N) is 2. The molecule has 3 rings (SSSR count). The van der Waals surface area contributed by atoms with Gasteiger partial charge in [0.05, 0.1) is 0 Å². The largest absolute Gasteiger partial charge is 0.396 e. The molecule has 2 aromatic rings. The van der Waals surface area contributed by atoms with Crippen LogP contribution in [0.25, 0.3) is 4.98 Å². The first kappa shape index (κ1) is 12.9. The molecule has 2 aromatic carbocycles. The maximum absolute atomic E-state index is 12.3. The van der Waals surface area contributed by atoms with Crippen molar-refractivity contribution in [3.05, 3.63) is 69.7 Å². The van der Waals surface area contributed by atoms with E-state index >= 15 is 0 Å². The molecule has 0 spiro atoms. The molecule has 1 aliphatic carbocycles. The number of carbonyl (C=O) groups is 2. The van der Waals surface area contributed by atoms with Crippen molar-refractivity contribution in [3.8, 4) is 0 Å². The lowest BCUT2D eigenvalue weighted by molar-refractivity contribution is 0.0980. The molecule has 0 radical (unpaired) electrons. The van der Waals surface area contributed by atoms with E-state index in [-0.39, 0.29) is 40.8 Å². The van der Waals surface area contributed by atoms with Crippen LogP contribution >= 0.6 is 12.4 Å². The molecule has 0 aliphatic heterocycles. The van der Waals surface area contributed by atoms with Gasteiger partial charge in [0.2, 0.25) is 11.2 Å². The summed E-state index contributed by atoms with van der Waals surface area (Å²) in [4.78, 5) is 27.6. The number of carbonyl (C=O) groups excluding carboxylic acids is 2. The Bertz CT molecular complexity index is 747. The van der Waals surface area contributed by atoms with Gasteiger partial charge in [-0.25, -0.2) is 0 Å². The molecule has 19 heavy (non-hydrogen) atoms. The Morgan fingerprint density at radius 2 is 1.37 bits per heavy atom. The molecule has 0 saturated heterocycles. The van der Waals surface area contributed by atoms with Crippen LogP contribution in [0.2, 0.25) is 0 Å². The van der Waals surface area contributed by atoms with E-state index in [2.05, 4.69) is 4.98 Å². The molecule has 0 heterocycles. The van der Waals surface area contributed by atoms with Gasteiger partial charge in [0, 0.05) is 22.8 Å². The van der Waals surface area contributed by atoms with Crippen LogP contribution in [-0.4, -0.2) is 11.6 Å². The highest BCUT2D eigenvalue weighted by molar-refractivity contribution is 6.30. The summed E-state index contributed by atoms with van der Waals surface area (Å²) in [5.74, 6) is -0.501. The highest BCUT2D eigenvalue weighted by Gasteiger charge is 2.35. The van der Waals surface area contributed by atoms with E-state index in [1.54, 1.807) is 36.4 Å². The molecule has 0 unspecified atom stereocenters. The fourth-order valence-corrected chi connectivity index (χ4v) is 2.21. The number of hydrogen-bond acceptors (Lipinski definition) is 3. The predicted octanol–water partition coefficient (Wildman–Crippen LogP) is 3.37. The second kappa shape index (κ2) is 4.63. The molecule has 0 N–H and O–H groups in total. The standard InChI is InChI=1S/C14H7N2O2.ClH/c15-16-11-7-3-6-10-12(11)14(18)9-5-2-1-4-8(9)13(10)17;/h1-7H;1H/q+1;. The highest BCUT2D eigenvalue weighted by Crippen LogP contribution is 2.32. The Kier molecular flexibility index (Phi) is 3.16. The van der Waals surface area contributed by atoms with Gasteiger partial charge in [0.25, 0.3) is 0 Å². The third-order valence-electron chi connectivity index (χ3n) is 3.04. The zero-order valence-electron chi connectivity index (χ0n) is 9.66. The molecule has 0 saturated carbocycles. The van der Waals surface area contributed by atoms with Crippen LogP contribution in [0.15, 0.2) is 42.5 Å². The summed E-state index contributed by atoms with van der Waals surface area (Å²) in [7, 11) is 0. The van der Waals surface area contributed by atoms with Crippen molar-refractivity contribution in [2.45, 2.75) is 0 Å². The summed E-state index contributed by atoms with van der Waals surface area (Å²) in [5.41, 5.74) is 1.33. The van der Waals surface area contributed by atoms with Crippen molar-refractivity contribution in [1.82, 2.24) is 0 Å². The van der Waals surface area contributed by atoms with Crippen molar-refractivity contribution in [3.63, 3.8) is 0 Å². The van der Waals surface area contributed by atoms with Crippen LogP contribution in [0.3, 0.4) is 0 Å². The Hall–Kier alpha value is -2.51. The summed E-state index contributed by atoms with van der Waals surface area (Å²) >= 11 is 0. The minimum absolute atomic E-state index is 0. The van der Waals surface area contributed by atoms with E-state index in [9.17, 15) is 9.59 Å². The molecule has 0 bridgehead atoms. The van der Waals surface area contributed by atoms with Gasteiger partial charge >= 0.3 is 5.69 Å². The summed E-state index contributed by atoms with van der Waals surface area (Å²) in [6.07, 6.45) is 0. The molecule has 92 valence electrons. The molecule has 5 heteroatoms. The number of ketones is 2. The first-order valence-corrected chi connectivity index (χ1v) is 5.40. The highest BCUT2D eigenvalue weighted by atomic mass is 35.5. The molecule has 0 aromatic heterocycles. The van der Waals surface area contributed by atoms with Gasteiger partial charge in [-0.15, -0.1) is 12.4 Å². The average molecular weight is 272 g/mol. The fraction of sp³-hybridized carbons (Fsp3) is 0. The van der Waals surface area contributed by atoms with Crippen molar-refractivity contribution < 1.29 is 9.59 Å². The molecule has 0 atom stereocenters. The molecule has 0 fully saturated rings. The van der Waals surface area contributed by atoms with Crippen LogP contribution in [0, 0.1) is 5.39 Å². The Morgan fingerprint density at radius 3 is 2.00 bits per heavy atom. The lowest BCUT2D eigenvalue weighted by Gasteiger charge is -2.14. The topological polar surface area (TPSA) is 62.3 Å². The van der Waals surface area contributed by atoms with Gasteiger partial charge in [0.1, 0.15) is 5.56 Å². The summed E-state index contributed by atoms with van der Waals surface area (Å²) in [6.45, 7) is 0. The molecule has 4 nitrogen and oxygen atoms in total. The molecule has 1 aliphatic rings. The Balaban J connectivity index is 0.00000133. The zero-order chi connectivity index (χ0) is 12.7. The zero-order valence-corrected chi connectivity index (χ0v) is 10.5. The first-order valence-electron chi connectivity index (χ1n) is 5.40. The van der Waals surface area contributed by atoms with E-state index in [4.69, 9.17) is 5.39 Å². The average Bonchev–Trinajstić information content (AvgIpc) is 2.44. The number of rotatable bonds is 0.